The lowest BCUT2D eigenvalue weighted by Crippen LogP contribution is -2.54. The minimum absolute atomic E-state index is 0.0104. The summed E-state index contributed by atoms with van der Waals surface area (Å²) in [5, 5.41) is 0. The molecule has 2 aromatic carbocycles. The van der Waals surface area contributed by atoms with Gasteiger partial charge in [0.2, 0.25) is 0 Å². The van der Waals surface area contributed by atoms with Gasteiger partial charge in [0.05, 0.1) is 12.6 Å². The number of hydrogen-bond donors (Lipinski definition) is 0. The van der Waals surface area contributed by atoms with Gasteiger partial charge < -0.3 is 9.64 Å². The summed E-state index contributed by atoms with van der Waals surface area (Å²) in [6, 6.07) is 21.1. The third kappa shape index (κ3) is 4.13. The molecule has 2 atom stereocenters. The van der Waals surface area contributed by atoms with Crippen LogP contribution in [-0.2, 0) is 16.1 Å². The highest BCUT2D eigenvalue weighted by molar-refractivity contribution is 5.82. The van der Waals surface area contributed by atoms with Gasteiger partial charge in [0.1, 0.15) is 0 Å². The Hall–Kier alpha value is -2.17. The first kappa shape index (κ1) is 19.2. The molecule has 0 radical (unpaired) electrons. The second kappa shape index (κ2) is 8.89. The lowest BCUT2D eigenvalue weighted by Gasteiger charge is -2.44. The normalized spacial score (nSPS) is 23.6. The quantitative estimate of drug-likeness (QED) is 0.787. The van der Waals surface area contributed by atoms with Crippen LogP contribution < -0.4 is 0 Å². The van der Waals surface area contributed by atoms with E-state index in [0.717, 1.165) is 12.1 Å². The van der Waals surface area contributed by atoms with Crippen LogP contribution in [0, 0.1) is 0 Å². The van der Waals surface area contributed by atoms with Crippen molar-refractivity contribution >= 4 is 5.91 Å². The number of ether oxygens (including phenoxy) is 1. The highest BCUT2D eigenvalue weighted by Crippen LogP contribution is 2.36. The Morgan fingerprint density at radius 1 is 1.04 bits per heavy atom. The summed E-state index contributed by atoms with van der Waals surface area (Å²) in [6.07, 6.45) is 4.57. The molecular weight excluding hydrogens is 348 g/mol. The zero-order valence-corrected chi connectivity index (χ0v) is 16.7. The Bertz CT molecular complexity index is 759. The van der Waals surface area contributed by atoms with Crippen molar-refractivity contribution in [2.45, 2.75) is 50.4 Å². The fourth-order valence-electron chi connectivity index (χ4n) is 4.71. The van der Waals surface area contributed by atoms with Crippen molar-refractivity contribution in [2.24, 2.45) is 0 Å². The lowest BCUT2D eigenvalue weighted by atomic mass is 9.94. The topological polar surface area (TPSA) is 32.8 Å². The van der Waals surface area contributed by atoms with Crippen LogP contribution >= 0.6 is 0 Å². The smallest absolute Gasteiger partial charge is 0.253 e. The molecule has 28 heavy (non-hydrogen) atoms. The van der Waals surface area contributed by atoms with Crippen molar-refractivity contribution in [3.63, 3.8) is 0 Å². The number of amides is 1. The van der Waals surface area contributed by atoms with Crippen molar-refractivity contribution in [1.29, 1.82) is 0 Å². The number of nitrogens with zero attached hydrogens (tertiary/aromatic N) is 2. The Morgan fingerprint density at radius 3 is 2.36 bits per heavy atom. The Balaban J connectivity index is 1.58. The van der Waals surface area contributed by atoms with E-state index in [1.54, 1.807) is 0 Å². The van der Waals surface area contributed by atoms with Crippen molar-refractivity contribution < 1.29 is 9.53 Å². The highest BCUT2D eigenvalue weighted by Gasteiger charge is 2.42. The zero-order chi connectivity index (χ0) is 19.3. The predicted octanol–water partition coefficient (Wildman–Crippen LogP) is 4.03. The van der Waals surface area contributed by atoms with Crippen molar-refractivity contribution in [3.8, 4) is 0 Å². The van der Waals surface area contributed by atoms with E-state index in [1.165, 1.54) is 31.2 Å². The maximum absolute atomic E-state index is 13.4. The van der Waals surface area contributed by atoms with Crippen LogP contribution in [0.5, 0.6) is 0 Å². The average Bonchev–Trinajstić information content (AvgIpc) is 3.29. The molecule has 2 fully saturated rings. The molecule has 148 valence electrons. The summed E-state index contributed by atoms with van der Waals surface area (Å²) in [5.41, 5.74) is 2.32. The third-order valence-electron chi connectivity index (χ3n) is 6.11. The fraction of sp³-hybridized carbons (Fsp3) is 0.458. The molecule has 4 nitrogen and oxygen atoms in total. The van der Waals surface area contributed by atoms with Crippen molar-refractivity contribution in [2.75, 3.05) is 20.2 Å². The minimum Gasteiger partial charge on any atom is -0.365 e. The zero-order valence-electron chi connectivity index (χ0n) is 16.7. The third-order valence-corrected chi connectivity index (χ3v) is 6.11. The van der Waals surface area contributed by atoms with Gasteiger partial charge in [-0.25, -0.2) is 0 Å². The van der Waals surface area contributed by atoms with Gasteiger partial charge in [-0.05, 0) is 24.0 Å². The van der Waals surface area contributed by atoms with Gasteiger partial charge in [-0.2, -0.15) is 0 Å². The molecule has 0 N–H and O–H groups in total. The molecule has 4 rings (SSSR count). The van der Waals surface area contributed by atoms with E-state index < -0.39 is 6.10 Å². The van der Waals surface area contributed by atoms with Gasteiger partial charge >= 0.3 is 0 Å². The number of carbonyl (C=O) groups is 1. The molecule has 1 saturated carbocycles. The van der Waals surface area contributed by atoms with E-state index in [2.05, 4.69) is 41.3 Å². The first-order valence-corrected chi connectivity index (χ1v) is 10.5. The second-order valence-electron chi connectivity index (χ2n) is 8.00. The number of likely N-dealkylation sites (N-methyl/N-ethyl adjacent to an activating group) is 1. The van der Waals surface area contributed by atoms with Crippen LogP contribution in [0.25, 0.3) is 0 Å². The van der Waals surface area contributed by atoms with E-state index >= 15 is 0 Å². The lowest BCUT2D eigenvalue weighted by molar-refractivity contribution is -0.158. The summed E-state index contributed by atoms with van der Waals surface area (Å²) in [5.74, 6) is 0.0698. The van der Waals surface area contributed by atoms with Gasteiger partial charge in [0.15, 0.2) is 6.10 Å². The Labute approximate surface area is 168 Å². The number of morpholine rings is 1. The van der Waals surface area contributed by atoms with Gasteiger partial charge in [-0.3, -0.25) is 9.69 Å². The highest BCUT2D eigenvalue weighted by atomic mass is 16.5. The standard InChI is InChI=1S/C24H30N2O2/c1-25(18-19-10-4-2-5-11-19)24(27)23-22(20-12-6-3-7-13-20)26(16-17-28-23)21-14-8-9-15-21/h2-7,10-13,21-23H,8-9,14-18H2,1H3/t22-,23+/m0/s1. The Morgan fingerprint density at radius 2 is 1.68 bits per heavy atom. The molecule has 1 heterocycles. The molecular formula is C24H30N2O2. The number of hydrogen-bond acceptors (Lipinski definition) is 3. The molecule has 2 aromatic rings. The van der Waals surface area contributed by atoms with E-state index in [0.29, 0.717) is 19.2 Å². The number of benzene rings is 2. The maximum Gasteiger partial charge on any atom is 0.253 e. The number of rotatable bonds is 5. The van der Waals surface area contributed by atoms with E-state index in [1.807, 2.05) is 36.2 Å². The summed E-state index contributed by atoms with van der Waals surface area (Å²) in [6.45, 7) is 2.12. The van der Waals surface area contributed by atoms with Crippen LogP contribution in [0.15, 0.2) is 60.7 Å². The van der Waals surface area contributed by atoms with Gasteiger partial charge in [-0.15, -0.1) is 0 Å². The molecule has 1 saturated heterocycles. The van der Waals surface area contributed by atoms with Crippen LogP contribution in [0.4, 0.5) is 0 Å². The maximum atomic E-state index is 13.4. The summed E-state index contributed by atoms with van der Waals surface area (Å²) < 4.78 is 6.12. The molecule has 2 aliphatic rings. The first-order valence-electron chi connectivity index (χ1n) is 10.5. The van der Waals surface area contributed by atoms with E-state index in [4.69, 9.17) is 4.74 Å². The molecule has 1 aliphatic carbocycles. The van der Waals surface area contributed by atoms with E-state index in [-0.39, 0.29) is 11.9 Å². The van der Waals surface area contributed by atoms with Gasteiger partial charge in [0, 0.05) is 26.2 Å². The molecule has 0 aromatic heterocycles. The largest absolute Gasteiger partial charge is 0.365 e. The summed E-state index contributed by atoms with van der Waals surface area (Å²) in [4.78, 5) is 17.8. The van der Waals surface area contributed by atoms with Crippen LogP contribution in [0.1, 0.15) is 42.9 Å². The summed E-state index contributed by atoms with van der Waals surface area (Å²) in [7, 11) is 1.88. The first-order chi connectivity index (χ1) is 13.7. The minimum atomic E-state index is -0.453. The molecule has 0 bridgehead atoms. The van der Waals surface area contributed by atoms with Crippen LogP contribution in [-0.4, -0.2) is 48.1 Å². The van der Waals surface area contributed by atoms with E-state index in [9.17, 15) is 4.79 Å². The Kier molecular flexibility index (Phi) is 6.08. The van der Waals surface area contributed by atoms with Gasteiger partial charge in [-0.1, -0.05) is 73.5 Å². The van der Waals surface area contributed by atoms with Crippen molar-refractivity contribution in [1.82, 2.24) is 9.80 Å². The molecule has 0 spiro atoms. The molecule has 4 heteroatoms. The van der Waals surface area contributed by atoms with Crippen LogP contribution in [0.2, 0.25) is 0 Å². The predicted molar refractivity (Wildman–Crippen MR) is 111 cm³/mol. The number of carbonyl (C=O) groups excluding carboxylic acids is 1. The SMILES string of the molecule is CN(Cc1ccccc1)C(=O)[C@@H]1OCCN(C2CCCC2)[C@H]1c1ccccc1. The average molecular weight is 379 g/mol. The van der Waals surface area contributed by atoms with Crippen molar-refractivity contribution in [3.05, 3.63) is 71.8 Å². The fourth-order valence-corrected chi connectivity index (χ4v) is 4.71. The monoisotopic (exact) mass is 378 g/mol. The van der Waals surface area contributed by atoms with Crippen LogP contribution in [0.3, 0.4) is 0 Å². The molecule has 1 amide bonds. The van der Waals surface area contributed by atoms with Gasteiger partial charge in [0.25, 0.3) is 5.91 Å². The second-order valence-corrected chi connectivity index (χ2v) is 8.00. The summed E-state index contributed by atoms with van der Waals surface area (Å²) >= 11 is 0. The molecule has 1 aliphatic heterocycles. The molecule has 0 unspecified atom stereocenters.